The van der Waals surface area contributed by atoms with E-state index in [2.05, 4.69) is 10.9 Å². The van der Waals surface area contributed by atoms with Gasteiger partial charge in [0.05, 0.1) is 0 Å². The molecule has 0 radical (unpaired) electrons. The summed E-state index contributed by atoms with van der Waals surface area (Å²) in [5.41, 5.74) is 4.68. The molecule has 2 amide bonds. The number of thiocarbonyl (C=S) groups is 2. The van der Waals surface area contributed by atoms with Crippen LogP contribution in [0, 0.1) is 10.8 Å². The van der Waals surface area contributed by atoms with Crippen LogP contribution >= 0.6 is 24.4 Å². The number of carbonyl (C=O) groups is 2. The van der Waals surface area contributed by atoms with Crippen molar-refractivity contribution in [1.29, 1.82) is 0 Å². The van der Waals surface area contributed by atoms with Crippen molar-refractivity contribution in [3.8, 4) is 0 Å². The monoisotopic (exact) mass is 360 g/mol. The third-order valence-electron chi connectivity index (χ3n) is 2.80. The van der Waals surface area contributed by atoms with Gasteiger partial charge < -0.3 is 0 Å². The van der Waals surface area contributed by atoms with E-state index in [-0.39, 0.29) is 17.3 Å². The fourth-order valence-corrected chi connectivity index (χ4v) is 1.80. The van der Waals surface area contributed by atoms with Gasteiger partial charge >= 0.3 is 0 Å². The van der Waals surface area contributed by atoms with Crippen LogP contribution in [0.15, 0.2) is 0 Å². The number of hydrogen-bond donors (Lipinski definition) is 2. The lowest BCUT2D eigenvalue weighted by Gasteiger charge is -2.30. The number of amides is 2. The summed E-state index contributed by atoms with van der Waals surface area (Å²) in [5, 5.41) is 2.93. The van der Waals surface area contributed by atoms with Crippen LogP contribution in [0.4, 0.5) is 0 Å². The average Bonchev–Trinajstić information content (AvgIpc) is 2.33. The largest absolute Gasteiger partial charge is 0.281 e. The van der Waals surface area contributed by atoms with Crippen LogP contribution < -0.4 is 10.9 Å². The highest BCUT2D eigenvalue weighted by molar-refractivity contribution is 7.80. The smallest absolute Gasteiger partial charge is 0.248 e. The molecule has 0 aromatic carbocycles. The highest BCUT2D eigenvalue weighted by Crippen LogP contribution is 2.18. The molecule has 0 fully saturated rings. The Morgan fingerprint density at radius 3 is 1.26 bits per heavy atom. The van der Waals surface area contributed by atoms with Gasteiger partial charge in [-0.05, 0) is 0 Å². The highest BCUT2D eigenvalue weighted by Gasteiger charge is 2.24. The predicted octanol–water partition coefficient (Wildman–Crippen LogP) is 2.05. The first-order valence-electron chi connectivity index (χ1n) is 7.31. The average molecular weight is 361 g/mol. The molecule has 0 aliphatic rings. The second-order valence-corrected chi connectivity index (χ2v) is 8.25. The molecule has 0 atom stereocenters. The van der Waals surface area contributed by atoms with Gasteiger partial charge in [0.1, 0.15) is 16.4 Å². The van der Waals surface area contributed by atoms with Crippen molar-refractivity contribution >= 4 is 46.2 Å². The molecular weight excluding hydrogens is 332 g/mol. The van der Waals surface area contributed by atoms with Crippen molar-refractivity contribution in [2.75, 3.05) is 14.1 Å². The molecule has 0 bridgehead atoms. The van der Waals surface area contributed by atoms with Gasteiger partial charge in [-0.15, -0.1) is 0 Å². The fourth-order valence-electron chi connectivity index (χ4n) is 1.71. The van der Waals surface area contributed by atoms with Crippen molar-refractivity contribution in [1.82, 2.24) is 20.9 Å². The molecule has 2 N–H and O–H groups in total. The van der Waals surface area contributed by atoms with Gasteiger partial charge in [-0.3, -0.25) is 30.5 Å². The zero-order valence-electron chi connectivity index (χ0n) is 15.2. The molecule has 8 heteroatoms. The summed E-state index contributed by atoms with van der Waals surface area (Å²) in [5.74, 6) is -0.877. The lowest BCUT2D eigenvalue weighted by Crippen LogP contribution is -2.50. The Balaban J connectivity index is 4.50. The first kappa shape index (κ1) is 21.7. The van der Waals surface area contributed by atoms with E-state index in [1.807, 2.05) is 41.5 Å². The Labute approximate surface area is 149 Å². The minimum Gasteiger partial charge on any atom is -0.281 e. The topological polar surface area (TPSA) is 64.7 Å². The summed E-state index contributed by atoms with van der Waals surface area (Å²) < 4.78 is 0. The van der Waals surface area contributed by atoms with Gasteiger partial charge in [-0.2, -0.15) is 0 Å². The van der Waals surface area contributed by atoms with Gasteiger partial charge in [-0.1, -0.05) is 66.0 Å². The Morgan fingerprint density at radius 2 is 1.04 bits per heavy atom. The molecule has 0 unspecified atom stereocenters. The third-order valence-corrected chi connectivity index (χ3v) is 4.57. The third kappa shape index (κ3) is 7.69. The van der Waals surface area contributed by atoms with E-state index >= 15 is 0 Å². The Kier molecular flexibility index (Phi) is 7.56. The first-order valence-corrected chi connectivity index (χ1v) is 8.13. The fraction of sp³-hybridized carbons (Fsp3) is 0.733. The summed E-state index contributed by atoms with van der Waals surface area (Å²) in [6, 6.07) is 0. The molecule has 0 aromatic rings. The van der Waals surface area contributed by atoms with Crippen LogP contribution in [0.2, 0.25) is 0 Å². The van der Waals surface area contributed by atoms with E-state index in [1.165, 1.54) is 10.0 Å². The van der Waals surface area contributed by atoms with Crippen LogP contribution in [0.1, 0.15) is 48.0 Å². The van der Waals surface area contributed by atoms with Crippen LogP contribution in [0.5, 0.6) is 0 Å². The van der Waals surface area contributed by atoms with Gasteiger partial charge in [0, 0.05) is 24.9 Å². The van der Waals surface area contributed by atoms with Crippen molar-refractivity contribution < 1.29 is 9.59 Å². The molecule has 0 aromatic heterocycles. The Hall–Kier alpha value is -1.28. The molecule has 6 nitrogen and oxygen atoms in total. The molecule has 0 aliphatic carbocycles. The molecule has 0 aliphatic heterocycles. The second kappa shape index (κ2) is 8.01. The van der Waals surface area contributed by atoms with Crippen LogP contribution in [0.3, 0.4) is 0 Å². The molecule has 0 saturated heterocycles. The van der Waals surface area contributed by atoms with Crippen LogP contribution in [0.25, 0.3) is 0 Å². The maximum Gasteiger partial charge on any atom is 0.248 e. The summed E-state index contributed by atoms with van der Waals surface area (Å²) >= 11 is 10.6. The lowest BCUT2D eigenvalue weighted by molar-refractivity contribution is -0.132. The summed E-state index contributed by atoms with van der Waals surface area (Å²) in [7, 11) is 3.31. The van der Waals surface area contributed by atoms with Crippen LogP contribution in [-0.4, -0.2) is 45.9 Å². The molecule has 0 heterocycles. The molecular formula is C15H28N4O2S2. The van der Waals surface area contributed by atoms with E-state index in [1.54, 1.807) is 14.1 Å². The van der Waals surface area contributed by atoms with E-state index in [0.717, 1.165) is 0 Å². The summed E-state index contributed by atoms with van der Waals surface area (Å²) in [6.07, 6.45) is -0.311. The minimum atomic E-state index is -0.438. The van der Waals surface area contributed by atoms with Gasteiger partial charge in [0.15, 0.2) is 0 Å². The number of nitrogens with one attached hydrogen (secondary N) is 2. The minimum absolute atomic E-state index is 0.251. The van der Waals surface area contributed by atoms with E-state index < -0.39 is 11.8 Å². The number of hydrogen-bond acceptors (Lipinski definition) is 4. The Morgan fingerprint density at radius 1 is 0.783 bits per heavy atom. The molecule has 0 rings (SSSR count). The van der Waals surface area contributed by atoms with Crippen molar-refractivity contribution in [2.24, 2.45) is 10.8 Å². The zero-order chi connectivity index (χ0) is 18.6. The van der Waals surface area contributed by atoms with E-state index in [9.17, 15) is 9.59 Å². The number of carbonyl (C=O) groups excluding carboxylic acids is 2. The highest BCUT2D eigenvalue weighted by atomic mass is 32.1. The summed E-state index contributed by atoms with van der Waals surface area (Å²) in [4.78, 5) is 25.0. The Bertz CT molecular complexity index is 449. The van der Waals surface area contributed by atoms with E-state index in [4.69, 9.17) is 24.4 Å². The number of rotatable bonds is 2. The number of hydrazine groups is 2. The van der Waals surface area contributed by atoms with Crippen molar-refractivity contribution in [2.45, 2.75) is 48.0 Å². The molecule has 0 spiro atoms. The summed E-state index contributed by atoms with van der Waals surface area (Å²) in [6.45, 7) is 11.7. The quantitative estimate of drug-likeness (QED) is 0.446. The standard InChI is InChI=1S/C15H28N4O2S2/c1-14(2,3)12(22)18(7)16-10(20)9-11(21)17-19(8)13(23)15(4,5)6/h9H2,1-8H3,(H,16,20)(H,17,21). The number of nitrogens with zero attached hydrogens (tertiary/aromatic N) is 2. The molecule has 23 heavy (non-hydrogen) atoms. The maximum atomic E-state index is 11.9. The van der Waals surface area contributed by atoms with Crippen molar-refractivity contribution in [3.63, 3.8) is 0 Å². The van der Waals surface area contributed by atoms with Crippen LogP contribution in [-0.2, 0) is 9.59 Å². The van der Waals surface area contributed by atoms with Crippen molar-refractivity contribution in [3.05, 3.63) is 0 Å². The molecule has 0 saturated carbocycles. The maximum absolute atomic E-state index is 11.9. The SMILES string of the molecule is CN(NC(=O)CC(=O)NN(C)C(=S)C(C)(C)C)C(=S)C(C)(C)C. The second-order valence-electron chi connectivity index (χ2n) is 7.48. The molecule has 132 valence electrons. The first-order chi connectivity index (χ1) is 10.2. The normalized spacial score (nSPS) is 11.5. The van der Waals surface area contributed by atoms with E-state index in [0.29, 0.717) is 9.98 Å². The zero-order valence-corrected chi connectivity index (χ0v) is 16.9. The predicted molar refractivity (Wildman–Crippen MR) is 101 cm³/mol. The van der Waals surface area contributed by atoms with Gasteiger partial charge in [0.2, 0.25) is 11.8 Å². The van der Waals surface area contributed by atoms with Gasteiger partial charge in [-0.25, -0.2) is 0 Å². The lowest BCUT2D eigenvalue weighted by atomic mass is 9.96. The van der Waals surface area contributed by atoms with Gasteiger partial charge in [0.25, 0.3) is 0 Å².